The van der Waals surface area contributed by atoms with Crippen molar-refractivity contribution < 1.29 is 4.79 Å². The monoisotopic (exact) mass is 337 g/mol. The zero-order chi connectivity index (χ0) is 14.9. The van der Waals surface area contributed by atoms with E-state index >= 15 is 0 Å². The van der Waals surface area contributed by atoms with Gasteiger partial charge in [-0.25, -0.2) is 9.97 Å². The van der Waals surface area contributed by atoms with Crippen molar-refractivity contribution in [3.8, 4) is 0 Å². The third-order valence-electron chi connectivity index (χ3n) is 2.70. The molecular formula is C13H16BrN5O. The molecule has 1 amide bonds. The number of H-pyrrole nitrogens is 1. The summed E-state index contributed by atoms with van der Waals surface area (Å²) in [7, 11) is 0. The Bertz CT molecular complexity index is 644. The molecule has 0 aromatic carbocycles. The quantitative estimate of drug-likeness (QED) is 0.825. The Morgan fingerprint density at radius 3 is 2.55 bits per heavy atom. The molecular weight excluding hydrogens is 322 g/mol. The fourth-order valence-electron chi connectivity index (χ4n) is 1.54. The zero-order valence-electron chi connectivity index (χ0n) is 11.8. The molecule has 0 saturated carbocycles. The highest BCUT2D eigenvalue weighted by molar-refractivity contribution is 9.10. The summed E-state index contributed by atoms with van der Waals surface area (Å²) in [6.07, 6.45) is 0. The van der Waals surface area contributed by atoms with Crippen LogP contribution >= 0.6 is 15.9 Å². The highest BCUT2D eigenvalue weighted by Gasteiger charge is 2.21. The van der Waals surface area contributed by atoms with E-state index in [0.717, 1.165) is 10.3 Å². The van der Waals surface area contributed by atoms with Gasteiger partial charge in [0.25, 0.3) is 5.91 Å². The number of aryl methyl sites for hydroxylation is 1. The average Bonchev–Trinajstić information content (AvgIpc) is 2.82. The number of rotatable bonds is 2. The number of aromatic amines is 1. The lowest BCUT2D eigenvalue weighted by molar-refractivity contribution is 0.101. The highest BCUT2D eigenvalue weighted by atomic mass is 79.9. The van der Waals surface area contributed by atoms with Gasteiger partial charge in [0, 0.05) is 5.41 Å². The van der Waals surface area contributed by atoms with E-state index in [1.54, 1.807) is 12.1 Å². The van der Waals surface area contributed by atoms with Crippen molar-refractivity contribution in [1.82, 2.24) is 20.2 Å². The molecule has 0 atom stereocenters. The van der Waals surface area contributed by atoms with Gasteiger partial charge in [0.2, 0.25) is 5.82 Å². The van der Waals surface area contributed by atoms with E-state index in [-0.39, 0.29) is 17.1 Å². The molecule has 2 heterocycles. The van der Waals surface area contributed by atoms with Gasteiger partial charge in [0.1, 0.15) is 10.4 Å². The van der Waals surface area contributed by atoms with Crippen LogP contribution in [-0.4, -0.2) is 26.1 Å². The number of anilines is 1. The van der Waals surface area contributed by atoms with Crippen LogP contribution in [0.1, 0.15) is 42.9 Å². The highest BCUT2D eigenvalue weighted by Crippen LogP contribution is 2.19. The third-order valence-corrected chi connectivity index (χ3v) is 3.14. The van der Waals surface area contributed by atoms with Crippen molar-refractivity contribution in [1.29, 1.82) is 0 Å². The van der Waals surface area contributed by atoms with Gasteiger partial charge in [0.05, 0.1) is 11.4 Å². The van der Waals surface area contributed by atoms with Gasteiger partial charge >= 0.3 is 0 Å². The van der Waals surface area contributed by atoms with Gasteiger partial charge in [-0.15, -0.1) is 5.10 Å². The molecule has 6 nitrogen and oxygen atoms in total. The molecule has 7 heteroatoms. The maximum atomic E-state index is 12.1. The van der Waals surface area contributed by atoms with Crippen LogP contribution in [0, 0.1) is 6.92 Å². The second kappa shape index (κ2) is 5.32. The Morgan fingerprint density at radius 1 is 1.30 bits per heavy atom. The maximum Gasteiger partial charge on any atom is 0.295 e. The lowest BCUT2D eigenvalue weighted by Crippen LogP contribution is -2.16. The van der Waals surface area contributed by atoms with E-state index < -0.39 is 0 Å². The van der Waals surface area contributed by atoms with Gasteiger partial charge in [0.15, 0.2) is 0 Å². The number of pyridine rings is 1. The smallest absolute Gasteiger partial charge is 0.295 e. The van der Waals surface area contributed by atoms with Crippen LogP contribution in [0.3, 0.4) is 0 Å². The van der Waals surface area contributed by atoms with E-state index in [9.17, 15) is 4.79 Å². The molecule has 0 aliphatic heterocycles. The number of nitrogens with zero attached hydrogens (tertiary/aromatic N) is 3. The summed E-state index contributed by atoms with van der Waals surface area (Å²) >= 11 is 3.28. The Balaban J connectivity index is 2.18. The van der Waals surface area contributed by atoms with E-state index in [2.05, 4.69) is 41.4 Å². The molecule has 0 bridgehead atoms. The van der Waals surface area contributed by atoms with Gasteiger partial charge in [-0.1, -0.05) is 20.8 Å². The molecule has 0 radical (unpaired) electrons. The molecule has 2 aromatic heterocycles. The summed E-state index contributed by atoms with van der Waals surface area (Å²) in [5.41, 5.74) is 1.18. The second-order valence-electron chi connectivity index (χ2n) is 5.48. The molecule has 0 spiro atoms. The maximum absolute atomic E-state index is 12.1. The SMILES string of the molecule is Cc1nc(Br)ccc1NC(=O)c1n[nH]c(C(C)(C)C)n1. The minimum absolute atomic E-state index is 0.122. The van der Waals surface area contributed by atoms with Crippen molar-refractivity contribution in [2.24, 2.45) is 0 Å². The number of hydrogen-bond donors (Lipinski definition) is 2. The largest absolute Gasteiger partial charge is 0.318 e. The first kappa shape index (κ1) is 14.6. The van der Waals surface area contributed by atoms with Crippen molar-refractivity contribution in [2.75, 3.05) is 5.32 Å². The van der Waals surface area contributed by atoms with Gasteiger partial charge < -0.3 is 5.32 Å². The molecule has 0 fully saturated rings. The molecule has 0 saturated heterocycles. The van der Waals surface area contributed by atoms with Gasteiger partial charge in [-0.3, -0.25) is 9.89 Å². The fraction of sp³-hybridized carbons (Fsp3) is 0.385. The van der Waals surface area contributed by atoms with Crippen LogP contribution in [-0.2, 0) is 5.41 Å². The van der Waals surface area contributed by atoms with Crippen molar-refractivity contribution in [3.63, 3.8) is 0 Å². The van der Waals surface area contributed by atoms with Crippen LogP contribution in [0.4, 0.5) is 5.69 Å². The lowest BCUT2D eigenvalue weighted by Gasteiger charge is -2.12. The zero-order valence-corrected chi connectivity index (χ0v) is 13.4. The molecule has 0 aliphatic rings. The number of aromatic nitrogens is 4. The standard InChI is InChI=1S/C13H16BrN5O/c1-7-8(5-6-9(14)15-7)16-11(20)10-17-12(19-18-10)13(2,3)4/h5-6H,1-4H3,(H,16,20)(H,17,18,19). The number of nitrogens with one attached hydrogen (secondary N) is 2. The number of carbonyl (C=O) groups excluding carboxylic acids is 1. The minimum atomic E-state index is -0.357. The Kier molecular flexibility index (Phi) is 3.89. The van der Waals surface area contributed by atoms with Crippen LogP contribution in [0.25, 0.3) is 0 Å². The topological polar surface area (TPSA) is 83.6 Å². The van der Waals surface area contributed by atoms with Crippen molar-refractivity contribution >= 4 is 27.5 Å². The Hall–Kier alpha value is -1.76. The first-order valence-electron chi connectivity index (χ1n) is 6.15. The minimum Gasteiger partial charge on any atom is -0.318 e. The molecule has 106 valence electrons. The van der Waals surface area contributed by atoms with Crippen molar-refractivity contribution in [2.45, 2.75) is 33.1 Å². The molecule has 2 N–H and O–H groups in total. The third kappa shape index (κ3) is 3.22. The van der Waals surface area contributed by atoms with Crippen LogP contribution in [0.2, 0.25) is 0 Å². The molecule has 0 aliphatic carbocycles. The summed E-state index contributed by atoms with van der Waals surface area (Å²) in [6.45, 7) is 7.81. The number of hydrogen-bond acceptors (Lipinski definition) is 4. The number of halogens is 1. The normalized spacial score (nSPS) is 11.4. The predicted octanol–water partition coefficient (Wildman–Crippen LogP) is 2.82. The first-order valence-corrected chi connectivity index (χ1v) is 6.94. The first-order chi connectivity index (χ1) is 9.27. The lowest BCUT2D eigenvalue weighted by atomic mass is 9.96. The second-order valence-corrected chi connectivity index (χ2v) is 6.29. The molecule has 20 heavy (non-hydrogen) atoms. The summed E-state index contributed by atoms with van der Waals surface area (Å²) < 4.78 is 0.723. The van der Waals surface area contributed by atoms with E-state index in [0.29, 0.717) is 11.5 Å². The van der Waals surface area contributed by atoms with Crippen LogP contribution in [0.15, 0.2) is 16.7 Å². The predicted molar refractivity (Wildman–Crippen MR) is 79.7 cm³/mol. The molecule has 0 unspecified atom stereocenters. The summed E-state index contributed by atoms with van der Waals surface area (Å²) in [6, 6.07) is 3.54. The number of amides is 1. The fourth-order valence-corrected chi connectivity index (χ4v) is 1.94. The van der Waals surface area contributed by atoms with Gasteiger partial charge in [-0.05, 0) is 35.0 Å². The Labute approximate surface area is 125 Å². The van der Waals surface area contributed by atoms with E-state index in [4.69, 9.17) is 0 Å². The Morgan fingerprint density at radius 2 is 2.00 bits per heavy atom. The number of carbonyl (C=O) groups is 1. The van der Waals surface area contributed by atoms with E-state index in [1.807, 2.05) is 27.7 Å². The molecule has 2 aromatic rings. The summed E-state index contributed by atoms with van der Waals surface area (Å²) in [5, 5.41) is 9.49. The van der Waals surface area contributed by atoms with Crippen LogP contribution < -0.4 is 5.32 Å². The van der Waals surface area contributed by atoms with Crippen LogP contribution in [0.5, 0.6) is 0 Å². The van der Waals surface area contributed by atoms with Crippen molar-refractivity contribution in [3.05, 3.63) is 34.1 Å². The summed E-state index contributed by atoms with van der Waals surface area (Å²) in [5.74, 6) is 0.439. The molecule has 2 rings (SSSR count). The van der Waals surface area contributed by atoms with Gasteiger partial charge in [-0.2, -0.15) is 0 Å². The average molecular weight is 338 g/mol. The van der Waals surface area contributed by atoms with E-state index in [1.165, 1.54) is 0 Å². The summed E-state index contributed by atoms with van der Waals surface area (Å²) in [4.78, 5) is 20.5.